The van der Waals surface area contributed by atoms with E-state index >= 15 is 0 Å². The fourth-order valence-electron chi connectivity index (χ4n) is 0.892. The van der Waals surface area contributed by atoms with Crippen LogP contribution in [0.25, 0.3) is 0 Å². The molecule has 0 bridgehead atoms. The molecule has 0 aromatic heterocycles. The molecule has 0 saturated heterocycles. The predicted octanol–water partition coefficient (Wildman–Crippen LogP) is 1.15. The number of primary amides is 1. The number of hydrazine groups is 1. The SMILES string of the molecule is NC(=O)NNCc1ccc(F)cc1Cl. The lowest BCUT2D eigenvalue weighted by Crippen LogP contribution is -2.40. The van der Waals surface area contributed by atoms with Gasteiger partial charge < -0.3 is 5.73 Å². The number of nitrogens with one attached hydrogen (secondary N) is 2. The van der Waals surface area contributed by atoms with Crippen LogP contribution < -0.4 is 16.6 Å². The van der Waals surface area contributed by atoms with E-state index in [1.165, 1.54) is 18.2 Å². The monoisotopic (exact) mass is 217 g/mol. The summed E-state index contributed by atoms with van der Waals surface area (Å²) in [5.41, 5.74) is 10.2. The fraction of sp³-hybridized carbons (Fsp3) is 0.125. The van der Waals surface area contributed by atoms with E-state index in [1.807, 2.05) is 0 Å². The topological polar surface area (TPSA) is 67.2 Å². The van der Waals surface area contributed by atoms with Crippen molar-refractivity contribution in [3.63, 3.8) is 0 Å². The number of rotatable bonds is 3. The fourth-order valence-corrected chi connectivity index (χ4v) is 1.13. The van der Waals surface area contributed by atoms with Gasteiger partial charge in [-0.25, -0.2) is 14.6 Å². The Morgan fingerprint density at radius 1 is 1.57 bits per heavy atom. The second kappa shape index (κ2) is 4.78. The minimum atomic E-state index is -0.691. The van der Waals surface area contributed by atoms with Gasteiger partial charge in [-0.05, 0) is 17.7 Å². The first-order valence-corrected chi connectivity index (χ1v) is 4.19. The first-order chi connectivity index (χ1) is 6.59. The summed E-state index contributed by atoms with van der Waals surface area (Å²) < 4.78 is 12.6. The van der Waals surface area contributed by atoms with Crippen LogP contribution in [0.15, 0.2) is 18.2 Å². The van der Waals surface area contributed by atoms with Crippen molar-refractivity contribution >= 4 is 17.6 Å². The molecule has 0 aliphatic heterocycles. The van der Waals surface area contributed by atoms with Gasteiger partial charge in [-0.2, -0.15) is 0 Å². The van der Waals surface area contributed by atoms with Gasteiger partial charge in [0.1, 0.15) is 5.82 Å². The van der Waals surface area contributed by atoms with E-state index in [9.17, 15) is 9.18 Å². The summed E-state index contributed by atoms with van der Waals surface area (Å²) >= 11 is 5.72. The van der Waals surface area contributed by atoms with Gasteiger partial charge in [-0.3, -0.25) is 5.43 Å². The summed E-state index contributed by atoms with van der Waals surface area (Å²) in [7, 11) is 0. The van der Waals surface area contributed by atoms with Gasteiger partial charge >= 0.3 is 6.03 Å². The van der Waals surface area contributed by atoms with Crippen LogP contribution in [0.5, 0.6) is 0 Å². The van der Waals surface area contributed by atoms with Gasteiger partial charge in [-0.15, -0.1) is 0 Å². The quantitative estimate of drug-likeness (QED) is 0.665. The Hall–Kier alpha value is -1.33. The van der Waals surface area contributed by atoms with Crippen molar-refractivity contribution < 1.29 is 9.18 Å². The summed E-state index contributed by atoms with van der Waals surface area (Å²) in [5, 5.41) is 0.295. The molecule has 0 aliphatic carbocycles. The highest BCUT2D eigenvalue weighted by Crippen LogP contribution is 2.16. The van der Waals surface area contributed by atoms with Crippen LogP contribution in [0.4, 0.5) is 9.18 Å². The molecule has 4 nitrogen and oxygen atoms in total. The smallest absolute Gasteiger partial charge is 0.326 e. The first kappa shape index (κ1) is 10.7. The molecule has 0 spiro atoms. The minimum absolute atomic E-state index is 0.280. The molecule has 0 fully saturated rings. The largest absolute Gasteiger partial charge is 0.351 e. The molecule has 0 atom stereocenters. The average Bonchev–Trinajstić information content (AvgIpc) is 2.08. The van der Waals surface area contributed by atoms with Crippen LogP contribution in [-0.2, 0) is 6.54 Å². The molecule has 6 heteroatoms. The summed E-state index contributed by atoms with van der Waals surface area (Å²) in [6.45, 7) is 0.280. The van der Waals surface area contributed by atoms with Crippen molar-refractivity contribution in [2.45, 2.75) is 6.54 Å². The van der Waals surface area contributed by atoms with Crippen molar-refractivity contribution in [3.05, 3.63) is 34.6 Å². The number of halogens is 2. The summed E-state index contributed by atoms with van der Waals surface area (Å²) in [4.78, 5) is 10.3. The minimum Gasteiger partial charge on any atom is -0.351 e. The molecule has 0 unspecified atom stereocenters. The molecule has 1 rings (SSSR count). The van der Waals surface area contributed by atoms with Crippen LogP contribution in [0.1, 0.15) is 5.56 Å². The number of nitrogens with two attached hydrogens (primary N) is 1. The van der Waals surface area contributed by atoms with Gasteiger partial charge in [0.05, 0.1) is 0 Å². The number of urea groups is 1. The molecule has 0 saturated carbocycles. The number of benzene rings is 1. The maximum absolute atomic E-state index is 12.6. The van der Waals surface area contributed by atoms with E-state index in [0.717, 1.165) is 0 Å². The van der Waals surface area contributed by atoms with Crippen molar-refractivity contribution in [1.29, 1.82) is 0 Å². The Balaban J connectivity index is 2.55. The number of hydrogen-bond donors (Lipinski definition) is 3. The Morgan fingerprint density at radius 2 is 2.29 bits per heavy atom. The maximum atomic E-state index is 12.6. The highest BCUT2D eigenvalue weighted by atomic mass is 35.5. The molecule has 2 amide bonds. The van der Waals surface area contributed by atoms with Crippen molar-refractivity contribution in [2.75, 3.05) is 0 Å². The molecule has 0 aliphatic rings. The van der Waals surface area contributed by atoms with Gasteiger partial charge in [0.15, 0.2) is 0 Å². The van der Waals surface area contributed by atoms with Gasteiger partial charge in [0.2, 0.25) is 0 Å². The van der Waals surface area contributed by atoms with E-state index in [2.05, 4.69) is 10.9 Å². The van der Waals surface area contributed by atoms with E-state index in [1.54, 1.807) is 0 Å². The van der Waals surface area contributed by atoms with Crippen LogP contribution in [0, 0.1) is 5.82 Å². The van der Waals surface area contributed by atoms with E-state index < -0.39 is 11.8 Å². The van der Waals surface area contributed by atoms with Crippen molar-refractivity contribution in [1.82, 2.24) is 10.9 Å². The molecule has 1 aromatic rings. The molecule has 1 aromatic carbocycles. The zero-order valence-electron chi connectivity index (χ0n) is 7.18. The maximum Gasteiger partial charge on any atom is 0.326 e. The van der Waals surface area contributed by atoms with Gasteiger partial charge in [0.25, 0.3) is 0 Å². The summed E-state index contributed by atoms with van der Waals surface area (Å²) in [6.07, 6.45) is 0. The van der Waals surface area contributed by atoms with Crippen LogP contribution >= 0.6 is 11.6 Å². The normalized spacial score (nSPS) is 9.86. The number of amides is 2. The standard InChI is InChI=1S/C8H9ClFN3O/c9-7-3-6(10)2-1-5(7)4-12-13-8(11)14/h1-3,12H,4H2,(H3,11,13,14). The van der Waals surface area contributed by atoms with Gasteiger partial charge in [0, 0.05) is 11.6 Å². The molecule has 0 radical (unpaired) electrons. The molecule has 0 heterocycles. The third-order valence-corrected chi connectivity index (χ3v) is 1.86. The lowest BCUT2D eigenvalue weighted by atomic mass is 10.2. The lowest BCUT2D eigenvalue weighted by molar-refractivity contribution is 0.244. The van der Waals surface area contributed by atoms with Gasteiger partial charge in [-0.1, -0.05) is 17.7 Å². The first-order valence-electron chi connectivity index (χ1n) is 3.82. The third kappa shape index (κ3) is 3.20. The van der Waals surface area contributed by atoms with Crippen molar-refractivity contribution in [3.8, 4) is 0 Å². The van der Waals surface area contributed by atoms with E-state index in [-0.39, 0.29) is 6.54 Å². The average molecular weight is 218 g/mol. The molecular formula is C8H9ClFN3O. The molecular weight excluding hydrogens is 209 g/mol. The number of carbonyl (C=O) groups is 1. The lowest BCUT2D eigenvalue weighted by Gasteiger charge is -2.06. The van der Waals surface area contributed by atoms with Crippen LogP contribution in [0.3, 0.4) is 0 Å². The Morgan fingerprint density at radius 3 is 2.86 bits per heavy atom. The highest BCUT2D eigenvalue weighted by molar-refractivity contribution is 6.31. The van der Waals surface area contributed by atoms with E-state index in [0.29, 0.717) is 10.6 Å². The van der Waals surface area contributed by atoms with E-state index in [4.69, 9.17) is 17.3 Å². The molecule has 4 N–H and O–H groups in total. The molecule has 76 valence electrons. The van der Waals surface area contributed by atoms with Crippen LogP contribution in [-0.4, -0.2) is 6.03 Å². The zero-order chi connectivity index (χ0) is 10.6. The predicted molar refractivity (Wildman–Crippen MR) is 51.0 cm³/mol. The zero-order valence-corrected chi connectivity index (χ0v) is 7.94. The Bertz CT molecular complexity index is 345. The second-order valence-corrected chi connectivity index (χ2v) is 2.99. The summed E-state index contributed by atoms with van der Waals surface area (Å²) in [6, 6.07) is 3.31. The Kier molecular flexibility index (Phi) is 3.67. The van der Waals surface area contributed by atoms with Crippen LogP contribution in [0.2, 0.25) is 5.02 Å². The number of hydrogen-bond acceptors (Lipinski definition) is 2. The number of carbonyl (C=O) groups excluding carboxylic acids is 1. The Labute approximate surface area is 85.2 Å². The summed E-state index contributed by atoms with van der Waals surface area (Å²) in [5.74, 6) is -0.401. The molecule has 14 heavy (non-hydrogen) atoms. The van der Waals surface area contributed by atoms with Crippen molar-refractivity contribution in [2.24, 2.45) is 5.73 Å². The highest BCUT2D eigenvalue weighted by Gasteiger charge is 2.01. The second-order valence-electron chi connectivity index (χ2n) is 2.58. The third-order valence-electron chi connectivity index (χ3n) is 1.51.